The molecule has 0 bridgehead atoms. The van der Waals surface area contributed by atoms with Crippen molar-refractivity contribution in [3.63, 3.8) is 0 Å². The lowest BCUT2D eigenvalue weighted by atomic mass is 10.5. The molecule has 0 heterocycles. The van der Waals surface area contributed by atoms with Crippen molar-refractivity contribution >= 4 is 31.9 Å². The molecule has 0 saturated heterocycles. The van der Waals surface area contributed by atoms with Gasteiger partial charge in [-0.1, -0.05) is 37.9 Å². The Hall–Kier alpha value is 0.360. The zero-order valence-corrected chi connectivity index (χ0v) is 9.19. The zero-order chi connectivity index (χ0) is 8.69. The van der Waals surface area contributed by atoms with E-state index in [-0.39, 0.29) is 6.61 Å². The van der Waals surface area contributed by atoms with Gasteiger partial charge in [-0.3, -0.25) is 0 Å². The van der Waals surface area contributed by atoms with Crippen molar-refractivity contribution < 1.29 is 9.84 Å². The minimum atomic E-state index is -0.0158. The number of rotatable bonds is 5. The van der Waals surface area contributed by atoms with Gasteiger partial charge in [0, 0.05) is 8.96 Å². The molecule has 0 aliphatic heterocycles. The normalized spacial score (nSPS) is 12.6. The summed E-state index contributed by atoms with van der Waals surface area (Å²) in [7, 11) is 0. The van der Waals surface area contributed by atoms with Gasteiger partial charge in [-0.05, 0) is 0 Å². The first-order valence-electron chi connectivity index (χ1n) is 3.05. The van der Waals surface area contributed by atoms with Crippen LogP contribution in [-0.4, -0.2) is 24.9 Å². The standard InChI is InChI=1S/C7H10Br2O2/c1-2-3-11-5-7(9)6(8)4-10/h2,10H,1,3-5H2/b7-6+. The van der Waals surface area contributed by atoms with Crippen LogP contribution in [0.2, 0.25) is 0 Å². The van der Waals surface area contributed by atoms with Gasteiger partial charge in [0.05, 0.1) is 19.8 Å². The summed E-state index contributed by atoms with van der Waals surface area (Å²) in [6.45, 7) is 4.46. The van der Waals surface area contributed by atoms with E-state index in [1.807, 2.05) is 0 Å². The molecule has 0 aliphatic carbocycles. The second-order valence-electron chi connectivity index (χ2n) is 1.77. The molecule has 1 N–H and O–H groups in total. The van der Waals surface area contributed by atoms with E-state index in [1.165, 1.54) is 0 Å². The van der Waals surface area contributed by atoms with Crippen molar-refractivity contribution in [2.45, 2.75) is 0 Å². The highest BCUT2D eigenvalue weighted by Crippen LogP contribution is 2.17. The van der Waals surface area contributed by atoms with E-state index >= 15 is 0 Å². The fraction of sp³-hybridized carbons (Fsp3) is 0.429. The number of halogens is 2. The molecule has 0 aromatic rings. The minimum absolute atomic E-state index is 0.0158. The molecule has 0 unspecified atom stereocenters. The number of hydrogen-bond acceptors (Lipinski definition) is 2. The Morgan fingerprint density at radius 2 is 2.09 bits per heavy atom. The van der Waals surface area contributed by atoms with Gasteiger partial charge < -0.3 is 9.84 Å². The second kappa shape index (κ2) is 7.03. The van der Waals surface area contributed by atoms with Crippen LogP contribution in [0.15, 0.2) is 21.6 Å². The minimum Gasteiger partial charge on any atom is -0.391 e. The Bertz CT molecular complexity index is 155. The fourth-order valence-electron chi connectivity index (χ4n) is 0.396. The fourth-order valence-corrected chi connectivity index (χ4v) is 0.798. The van der Waals surface area contributed by atoms with Crippen molar-refractivity contribution in [3.05, 3.63) is 21.6 Å². The summed E-state index contributed by atoms with van der Waals surface area (Å²) >= 11 is 6.42. The van der Waals surface area contributed by atoms with Crippen LogP contribution in [0, 0.1) is 0 Å². The maximum Gasteiger partial charge on any atom is 0.0795 e. The van der Waals surface area contributed by atoms with Crippen LogP contribution in [0.1, 0.15) is 0 Å². The summed E-state index contributed by atoms with van der Waals surface area (Å²) in [5.74, 6) is 0. The van der Waals surface area contributed by atoms with Gasteiger partial charge in [0.15, 0.2) is 0 Å². The summed E-state index contributed by atoms with van der Waals surface area (Å²) in [5.41, 5.74) is 0. The van der Waals surface area contributed by atoms with Gasteiger partial charge in [0.1, 0.15) is 0 Å². The van der Waals surface area contributed by atoms with E-state index in [9.17, 15) is 0 Å². The Labute approximate surface area is 83.2 Å². The Balaban J connectivity index is 3.66. The highest BCUT2D eigenvalue weighted by Gasteiger charge is 1.98. The summed E-state index contributed by atoms with van der Waals surface area (Å²) < 4.78 is 6.63. The lowest BCUT2D eigenvalue weighted by Gasteiger charge is -2.01. The molecular formula is C7H10Br2O2. The molecular weight excluding hydrogens is 276 g/mol. The van der Waals surface area contributed by atoms with Crippen LogP contribution >= 0.6 is 31.9 Å². The first kappa shape index (κ1) is 11.4. The molecule has 0 spiro atoms. The summed E-state index contributed by atoms with van der Waals surface area (Å²) in [4.78, 5) is 0. The summed E-state index contributed by atoms with van der Waals surface area (Å²) in [6, 6.07) is 0. The monoisotopic (exact) mass is 284 g/mol. The Morgan fingerprint density at radius 1 is 1.45 bits per heavy atom. The topological polar surface area (TPSA) is 29.5 Å². The molecule has 0 aromatic heterocycles. The van der Waals surface area contributed by atoms with Crippen LogP contribution in [0.5, 0.6) is 0 Å². The smallest absolute Gasteiger partial charge is 0.0795 e. The highest BCUT2D eigenvalue weighted by atomic mass is 79.9. The van der Waals surface area contributed by atoms with Gasteiger partial charge in [-0.25, -0.2) is 0 Å². The van der Waals surface area contributed by atoms with Crippen LogP contribution in [0.25, 0.3) is 0 Å². The van der Waals surface area contributed by atoms with E-state index < -0.39 is 0 Å². The van der Waals surface area contributed by atoms with E-state index in [0.29, 0.717) is 17.7 Å². The van der Waals surface area contributed by atoms with Gasteiger partial charge >= 0.3 is 0 Å². The van der Waals surface area contributed by atoms with E-state index in [2.05, 4.69) is 38.4 Å². The SMILES string of the molecule is C=CCOC/C(Br)=C(\Br)CO. The molecule has 0 aliphatic rings. The quantitative estimate of drug-likeness (QED) is 0.620. The first-order valence-corrected chi connectivity index (χ1v) is 4.63. The Kier molecular flexibility index (Phi) is 7.26. The molecule has 0 radical (unpaired) electrons. The maximum atomic E-state index is 8.65. The number of aliphatic hydroxyl groups excluding tert-OH is 1. The molecule has 64 valence electrons. The second-order valence-corrected chi connectivity index (χ2v) is 3.69. The predicted octanol–water partition coefficient (Wildman–Crippen LogP) is 2.18. The molecule has 11 heavy (non-hydrogen) atoms. The zero-order valence-electron chi connectivity index (χ0n) is 6.02. The van der Waals surface area contributed by atoms with E-state index in [1.54, 1.807) is 6.08 Å². The lowest BCUT2D eigenvalue weighted by Crippen LogP contribution is -1.96. The third-order valence-electron chi connectivity index (χ3n) is 0.898. The van der Waals surface area contributed by atoms with Crippen molar-refractivity contribution in [2.24, 2.45) is 0 Å². The largest absolute Gasteiger partial charge is 0.391 e. The third-order valence-corrected chi connectivity index (χ3v) is 2.87. The van der Waals surface area contributed by atoms with Crippen LogP contribution < -0.4 is 0 Å². The highest BCUT2D eigenvalue weighted by molar-refractivity contribution is 9.14. The molecule has 2 nitrogen and oxygen atoms in total. The van der Waals surface area contributed by atoms with Gasteiger partial charge in [0.2, 0.25) is 0 Å². The molecule has 0 saturated carbocycles. The van der Waals surface area contributed by atoms with Crippen molar-refractivity contribution in [3.8, 4) is 0 Å². The average molecular weight is 286 g/mol. The van der Waals surface area contributed by atoms with E-state index in [0.717, 1.165) is 4.48 Å². The summed E-state index contributed by atoms with van der Waals surface area (Å²) in [5, 5.41) is 8.65. The van der Waals surface area contributed by atoms with Crippen LogP contribution in [0.4, 0.5) is 0 Å². The molecule has 0 amide bonds. The van der Waals surface area contributed by atoms with Crippen molar-refractivity contribution in [1.82, 2.24) is 0 Å². The molecule has 0 rings (SSSR count). The van der Waals surface area contributed by atoms with Gasteiger partial charge in [0.25, 0.3) is 0 Å². The van der Waals surface area contributed by atoms with Crippen molar-refractivity contribution in [2.75, 3.05) is 19.8 Å². The number of hydrogen-bond donors (Lipinski definition) is 1. The Morgan fingerprint density at radius 3 is 2.55 bits per heavy atom. The third kappa shape index (κ3) is 5.61. The molecule has 0 atom stereocenters. The predicted molar refractivity (Wildman–Crippen MR) is 53.0 cm³/mol. The summed E-state index contributed by atoms with van der Waals surface area (Å²) in [6.07, 6.45) is 1.67. The molecule has 4 heteroatoms. The lowest BCUT2D eigenvalue weighted by molar-refractivity contribution is 0.191. The van der Waals surface area contributed by atoms with Gasteiger partial charge in [-0.15, -0.1) is 6.58 Å². The number of ether oxygens (including phenoxy) is 1. The average Bonchev–Trinajstić information content (AvgIpc) is 2.03. The number of aliphatic hydroxyl groups is 1. The molecule has 0 fully saturated rings. The molecule has 0 aromatic carbocycles. The van der Waals surface area contributed by atoms with Crippen LogP contribution in [-0.2, 0) is 4.74 Å². The maximum absolute atomic E-state index is 8.65. The first-order chi connectivity index (χ1) is 5.22. The van der Waals surface area contributed by atoms with Gasteiger partial charge in [-0.2, -0.15) is 0 Å². The van der Waals surface area contributed by atoms with Crippen molar-refractivity contribution in [1.29, 1.82) is 0 Å². The van der Waals surface area contributed by atoms with Crippen LogP contribution in [0.3, 0.4) is 0 Å². The van der Waals surface area contributed by atoms with E-state index in [4.69, 9.17) is 9.84 Å².